The Balaban J connectivity index is 2.43. The lowest BCUT2D eigenvalue weighted by Gasteiger charge is -2.23. The first-order chi connectivity index (χ1) is 8.34. The van der Waals surface area contributed by atoms with Crippen molar-refractivity contribution in [3.63, 3.8) is 0 Å². The van der Waals surface area contributed by atoms with Crippen molar-refractivity contribution in [2.24, 2.45) is 5.92 Å². The maximum Gasteiger partial charge on any atom is 0.306 e. The van der Waals surface area contributed by atoms with E-state index in [1.54, 1.807) is 13.8 Å². The summed E-state index contributed by atoms with van der Waals surface area (Å²) in [5.74, 6) is -1.70. The highest BCUT2D eigenvalue weighted by molar-refractivity contribution is 6.16. The van der Waals surface area contributed by atoms with Crippen LogP contribution in [0.15, 0.2) is 11.6 Å². The summed E-state index contributed by atoms with van der Waals surface area (Å²) in [5, 5.41) is 8.75. The van der Waals surface area contributed by atoms with Crippen molar-refractivity contribution in [3.05, 3.63) is 11.6 Å². The third kappa shape index (κ3) is 3.18. The first-order valence-electron chi connectivity index (χ1n) is 6.13. The number of carbonyl (C=O) groups is 3. The molecule has 0 aliphatic carbocycles. The number of rotatable bonds is 6. The lowest BCUT2D eigenvalue weighted by molar-refractivity contribution is -0.142. The third-order valence-corrected chi connectivity index (χ3v) is 3.25. The van der Waals surface area contributed by atoms with Gasteiger partial charge in [-0.1, -0.05) is 13.3 Å². The van der Waals surface area contributed by atoms with E-state index in [-0.39, 0.29) is 23.8 Å². The van der Waals surface area contributed by atoms with Crippen LogP contribution < -0.4 is 0 Å². The molecule has 1 rings (SSSR count). The normalized spacial score (nSPS) is 18.8. The van der Waals surface area contributed by atoms with Crippen molar-refractivity contribution in [1.29, 1.82) is 0 Å². The Morgan fingerprint density at radius 3 is 2.39 bits per heavy atom. The Morgan fingerprint density at radius 2 is 1.94 bits per heavy atom. The minimum atomic E-state index is -0.812. The van der Waals surface area contributed by atoms with Crippen LogP contribution in [0.3, 0.4) is 0 Å². The standard InChI is InChI=1S/C13H19NO4/c1-8(13(17)18)5-4-6-10(3)14-11(15)7-9(2)12(14)16/h7-8,10H,4-6H2,1-3H3,(H,17,18). The highest BCUT2D eigenvalue weighted by Crippen LogP contribution is 2.19. The van der Waals surface area contributed by atoms with Crippen LogP contribution in [0.2, 0.25) is 0 Å². The molecule has 2 unspecified atom stereocenters. The van der Waals surface area contributed by atoms with E-state index < -0.39 is 5.97 Å². The van der Waals surface area contributed by atoms with Gasteiger partial charge in [0.15, 0.2) is 0 Å². The van der Waals surface area contributed by atoms with E-state index in [0.717, 1.165) is 0 Å². The molecular formula is C13H19NO4. The van der Waals surface area contributed by atoms with Crippen molar-refractivity contribution < 1.29 is 19.5 Å². The smallest absolute Gasteiger partial charge is 0.306 e. The highest BCUT2D eigenvalue weighted by Gasteiger charge is 2.31. The maximum absolute atomic E-state index is 11.7. The van der Waals surface area contributed by atoms with Gasteiger partial charge in [-0.15, -0.1) is 0 Å². The Morgan fingerprint density at radius 1 is 1.33 bits per heavy atom. The molecular weight excluding hydrogens is 234 g/mol. The minimum Gasteiger partial charge on any atom is -0.481 e. The van der Waals surface area contributed by atoms with Gasteiger partial charge in [-0.05, 0) is 26.7 Å². The van der Waals surface area contributed by atoms with Gasteiger partial charge in [0.05, 0.1) is 5.92 Å². The molecule has 0 saturated carbocycles. The lowest BCUT2D eigenvalue weighted by Crippen LogP contribution is -2.38. The second-order valence-electron chi connectivity index (χ2n) is 4.86. The van der Waals surface area contributed by atoms with Crippen LogP contribution in [0.1, 0.15) is 40.0 Å². The largest absolute Gasteiger partial charge is 0.481 e. The number of hydrogen-bond acceptors (Lipinski definition) is 3. The van der Waals surface area contributed by atoms with Crippen LogP contribution >= 0.6 is 0 Å². The van der Waals surface area contributed by atoms with Crippen molar-refractivity contribution in [1.82, 2.24) is 4.90 Å². The van der Waals surface area contributed by atoms with Crippen LogP contribution in [0.25, 0.3) is 0 Å². The Bertz CT molecular complexity index is 400. The Labute approximate surface area is 106 Å². The van der Waals surface area contributed by atoms with Gasteiger partial charge in [-0.3, -0.25) is 19.3 Å². The SMILES string of the molecule is CC1=CC(=O)N(C(C)CCCC(C)C(=O)O)C1=O. The molecule has 0 aromatic carbocycles. The van der Waals surface area contributed by atoms with Gasteiger partial charge in [-0.25, -0.2) is 0 Å². The number of carboxylic acid groups (broad SMARTS) is 1. The van der Waals surface area contributed by atoms with Crippen LogP contribution in [0, 0.1) is 5.92 Å². The van der Waals surface area contributed by atoms with Crippen LogP contribution in [-0.2, 0) is 14.4 Å². The quantitative estimate of drug-likeness (QED) is 0.729. The van der Waals surface area contributed by atoms with Gasteiger partial charge < -0.3 is 5.11 Å². The maximum atomic E-state index is 11.7. The molecule has 0 aromatic rings. The van der Waals surface area contributed by atoms with Gasteiger partial charge in [0.2, 0.25) is 0 Å². The molecule has 1 aliphatic rings. The second kappa shape index (κ2) is 5.80. The van der Waals surface area contributed by atoms with Gasteiger partial charge in [-0.2, -0.15) is 0 Å². The van der Waals surface area contributed by atoms with Crippen LogP contribution in [0.5, 0.6) is 0 Å². The van der Waals surface area contributed by atoms with Gasteiger partial charge in [0.1, 0.15) is 0 Å². The molecule has 18 heavy (non-hydrogen) atoms. The molecule has 0 aromatic heterocycles. The topological polar surface area (TPSA) is 74.7 Å². The first-order valence-corrected chi connectivity index (χ1v) is 6.13. The van der Waals surface area contributed by atoms with E-state index >= 15 is 0 Å². The second-order valence-corrected chi connectivity index (χ2v) is 4.86. The third-order valence-electron chi connectivity index (χ3n) is 3.25. The van der Waals surface area contributed by atoms with E-state index in [9.17, 15) is 14.4 Å². The number of hydrogen-bond donors (Lipinski definition) is 1. The zero-order valence-corrected chi connectivity index (χ0v) is 11.0. The summed E-state index contributed by atoms with van der Waals surface area (Å²) in [4.78, 5) is 35.2. The monoisotopic (exact) mass is 253 g/mol. The Hall–Kier alpha value is -1.65. The average Bonchev–Trinajstić information content (AvgIpc) is 2.52. The summed E-state index contributed by atoms with van der Waals surface area (Å²) in [7, 11) is 0. The van der Waals surface area contributed by atoms with Gasteiger partial charge >= 0.3 is 5.97 Å². The van der Waals surface area contributed by atoms with E-state index in [1.165, 1.54) is 11.0 Å². The molecule has 1 heterocycles. The summed E-state index contributed by atoms with van der Waals surface area (Å²) in [6, 6.07) is -0.181. The molecule has 5 nitrogen and oxygen atoms in total. The molecule has 2 atom stereocenters. The predicted molar refractivity (Wildman–Crippen MR) is 65.7 cm³/mol. The molecule has 0 fully saturated rings. The van der Waals surface area contributed by atoms with E-state index in [1.807, 2.05) is 6.92 Å². The number of imide groups is 1. The van der Waals surface area contributed by atoms with Gasteiger partial charge in [0, 0.05) is 17.7 Å². The molecule has 2 amide bonds. The summed E-state index contributed by atoms with van der Waals surface area (Å²) < 4.78 is 0. The van der Waals surface area contributed by atoms with Crippen LogP contribution in [-0.4, -0.2) is 33.8 Å². The zero-order chi connectivity index (χ0) is 13.9. The molecule has 1 aliphatic heterocycles. The summed E-state index contributed by atoms with van der Waals surface area (Å²) >= 11 is 0. The average molecular weight is 253 g/mol. The fourth-order valence-electron chi connectivity index (χ4n) is 2.00. The van der Waals surface area contributed by atoms with Crippen LogP contribution in [0.4, 0.5) is 0 Å². The molecule has 5 heteroatoms. The zero-order valence-electron chi connectivity index (χ0n) is 11.0. The minimum absolute atomic E-state index is 0.181. The van der Waals surface area contributed by atoms with Crippen molar-refractivity contribution >= 4 is 17.8 Å². The number of aliphatic carboxylic acids is 1. The molecule has 0 spiro atoms. The first kappa shape index (κ1) is 14.4. The molecule has 1 N–H and O–H groups in total. The number of amides is 2. The summed E-state index contributed by atoms with van der Waals surface area (Å²) in [6.07, 6.45) is 3.22. The van der Waals surface area contributed by atoms with E-state index in [0.29, 0.717) is 24.8 Å². The van der Waals surface area contributed by atoms with Crippen molar-refractivity contribution in [3.8, 4) is 0 Å². The van der Waals surface area contributed by atoms with Crippen molar-refractivity contribution in [2.75, 3.05) is 0 Å². The predicted octanol–water partition coefficient (Wildman–Crippen LogP) is 1.58. The summed E-state index contributed by atoms with van der Waals surface area (Å²) in [5.41, 5.74) is 0.464. The van der Waals surface area contributed by atoms with E-state index in [4.69, 9.17) is 5.11 Å². The Kier molecular flexibility index (Phi) is 4.64. The number of nitrogens with zero attached hydrogens (tertiary/aromatic N) is 1. The highest BCUT2D eigenvalue weighted by atomic mass is 16.4. The fourth-order valence-corrected chi connectivity index (χ4v) is 2.00. The van der Waals surface area contributed by atoms with E-state index in [2.05, 4.69) is 0 Å². The number of carboxylic acids is 1. The molecule has 0 bridgehead atoms. The van der Waals surface area contributed by atoms with Gasteiger partial charge in [0.25, 0.3) is 11.8 Å². The molecule has 0 saturated heterocycles. The van der Waals surface area contributed by atoms with Crippen molar-refractivity contribution in [2.45, 2.75) is 46.1 Å². The summed E-state index contributed by atoms with van der Waals surface area (Å²) in [6.45, 7) is 5.10. The lowest BCUT2D eigenvalue weighted by atomic mass is 10.0. The number of carbonyl (C=O) groups excluding carboxylic acids is 2. The molecule has 100 valence electrons. The fraction of sp³-hybridized carbons (Fsp3) is 0.615. The molecule has 0 radical (unpaired) electrons.